The van der Waals surface area contributed by atoms with Crippen molar-refractivity contribution in [2.75, 3.05) is 18.0 Å². The largest absolute Gasteiger partial charge is 0.357 e. The van der Waals surface area contributed by atoms with E-state index in [9.17, 15) is 0 Å². The Hall–Kier alpha value is -0.760. The number of rotatable bonds is 3. The maximum atomic E-state index is 5.92. The number of aromatic nitrogens is 1. The lowest BCUT2D eigenvalue weighted by Gasteiger charge is -2.28. The summed E-state index contributed by atoms with van der Waals surface area (Å²) in [6, 6.07) is 4.25. The summed E-state index contributed by atoms with van der Waals surface area (Å²) in [4.78, 5) is 7.08. The van der Waals surface area contributed by atoms with Gasteiger partial charge in [0.2, 0.25) is 0 Å². The van der Waals surface area contributed by atoms with Crippen LogP contribution < -0.4 is 4.90 Å². The van der Waals surface area contributed by atoms with Crippen LogP contribution in [-0.4, -0.2) is 18.1 Å². The number of piperidine rings is 1. The second-order valence-corrected chi connectivity index (χ2v) is 4.63. The molecular formula is C13H19ClN2. The fourth-order valence-electron chi connectivity index (χ4n) is 2.18. The van der Waals surface area contributed by atoms with Gasteiger partial charge in [-0.15, -0.1) is 11.6 Å². The SMILES string of the molecule is CCc1cc(CCl)cc(N2CCCCC2)n1. The van der Waals surface area contributed by atoms with Crippen molar-refractivity contribution in [1.29, 1.82) is 0 Å². The van der Waals surface area contributed by atoms with Crippen LogP contribution in [0.4, 0.5) is 5.82 Å². The van der Waals surface area contributed by atoms with Gasteiger partial charge in [0.25, 0.3) is 0 Å². The standard InChI is InChI=1S/C13H19ClN2/c1-2-12-8-11(10-14)9-13(15-12)16-6-4-3-5-7-16/h8-9H,2-7,10H2,1H3. The van der Waals surface area contributed by atoms with Gasteiger partial charge in [0, 0.05) is 24.7 Å². The van der Waals surface area contributed by atoms with Crippen LogP contribution in [0.5, 0.6) is 0 Å². The number of alkyl halides is 1. The molecule has 0 aliphatic carbocycles. The van der Waals surface area contributed by atoms with E-state index in [2.05, 4.69) is 24.0 Å². The van der Waals surface area contributed by atoms with Crippen LogP contribution in [0, 0.1) is 0 Å². The molecule has 2 heterocycles. The monoisotopic (exact) mass is 238 g/mol. The normalized spacial score (nSPS) is 16.5. The van der Waals surface area contributed by atoms with Crippen molar-refractivity contribution < 1.29 is 0 Å². The molecule has 0 bridgehead atoms. The van der Waals surface area contributed by atoms with E-state index in [0.717, 1.165) is 31.0 Å². The van der Waals surface area contributed by atoms with Crippen LogP contribution in [0.25, 0.3) is 0 Å². The highest BCUT2D eigenvalue weighted by Gasteiger charge is 2.13. The average Bonchev–Trinajstić information content (AvgIpc) is 2.39. The molecule has 1 aromatic heterocycles. The van der Waals surface area contributed by atoms with Crippen LogP contribution >= 0.6 is 11.6 Å². The molecule has 0 saturated carbocycles. The zero-order valence-electron chi connectivity index (χ0n) is 9.88. The Labute approximate surface area is 103 Å². The maximum Gasteiger partial charge on any atom is 0.129 e. The van der Waals surface area contributed by atoms with Gasteiger partial charge in [-0.1, -0.05) is 6.92 Å². The van der Waals surface area contributed by atoms with Crippen LogP contribution in [0.1, 0.15) is 37.4 Å². The molecule has 0 amide bonds. The van der Waals surface area contributed by atoms with Crippen LogP contribution in [0.2, 0.25) is 0 Å². The quantitative estimate of drug-likeness (QED) is 0.751. The first kappa shape index (κ1) is 11.7. The lowest BCUT2D eigenvalue weighted by molar-refractivity contribution is 0.572. The highest BCUT2D eigenvalue weighted by atomic mass is 35.5. The molecule has 2 nitrogen and oxygen atoms in total. The molecule has 0 aromatic carbocycles. The lowest BCUT2D eigenvalue weighted by atomic mass is 10.1. The molecule has 1 aromatic rings. The third-order valence-corrected chi connectivity index (χ3v) is 3.43. The van der Waals surface area contributed by atoms with E-state index >= 15 is 0 Å². The Morgan fingerprint density at radius 2 is 2.00 bits per heavy atom. The van der Waals surface area contributed by atoms with E-state index in [-0.39, 0.29) is 0 Å². The molecule has 0 N–H and O–H groups in total. The van der Waals surface area contributed by atoms with Gasteiger partial charge in [0.05, 0.1) is 0 Å². The summed E-state index contributed by atoms with van der Waals surface area (Å²) < 4.78 is 0. The van der Waals surface area contributed by atoms with E-state index in [0.29, 0.717) is 5.88 Å². The third kappa shape index (κ3) is 2.67. The minimum Gasteiger partial charge on any atom is -0.357 e. The van der Waals surface area contributed by atoms with Gasteiger partial charge < -0.3 is 4.90 Å². The Kier molecular flexibility index (Phi) is 4.05. The minimum atomic E-state index is 0.580. The second-order valence-electron chi connectivity index (χ2n) is 4.36. The average molecular weight is 239 g/mol. The Balaban J connectivity index is 2.24. The van der Waals surface area contributed by atoms with Gasteiger partial charge in [-0.05, 0) is 43.4 Å². The van der Waals surface area contributed by atoms with E-state index in [1.165, 1.54) is 24.8 Å². The lowest BCUT2D eigenvalue weighted by Crippen LogP contribution is -2.30. The molecule has 2 rings (SSSR count). The molecule has 0 atom stereocenters. The highest BCUT2D eigenvalue weighted by Crippen LogP contribution is 2.20. The summed E-state index contributed by atoms with van der Waals surface area (Å²) in [5, 5.41) is 0. The van der Waals surface area contributed by atoms with Crippen LogP contribution in [-0.2, 0) is 12.3 Å². The molecule has 0 unspecified atom stereocenters. The molecule has 1 aliphatic rings. The van der Waals surface area contributed by atoms with Gasteiger partial charge >= 0.3 is 0 Å². The van der Waals surface area contributed by atoms with Crippen molar-refractivity contribution in [1.82, 2.24) is 4.98 Å². The van der Waals surface area contributed by atoms with E-state index in [1.54, 1.807) is 0 Å². The van der Waals surface area contributed by atoms with Gasteiger partial charge in [0.1, 0.15) is 5.82 Å². The van der Waals surface area contributed by atoms with Gasteiger partial charge in [-0.3, -0.25) is 0 Å². The molecule has 1 fully saturated rings. The number of aryl methyl sites for hydroxylation is 1. The summed E-state index contributed by atoms with van der Waals surface area (Å²) in [6.07, 6.45) is 4.90. The fourth-order valence-corrected chi connectivity index (χ4v) is 2.33. The van der Waals surface area contributed by atoms with Crippen molar-refractivity contribution in [3.8, 4) is 0 Å². The zero-order valence-corrected chi connectivity index (χ0v) is 10.6. The number of hydrogen-bond acceptors (Lipinski definition) is 2. The number of nitrogens with zero attached hydrogens (tertiary/aromatic N) is 2. The third-order valence-electron chi connectivity index (χ3n) is 3.12. The Bertz CT molecular complexity index is 324. The summed E-state index contributed by atoms with van der Waals surface area (Å²) in [5.41, 5.74) is 2.34. The molecule has 16 heavy (non-hydrogen) atoms. The first-order valence-electron chi connectivity index (χ1n) is 6.14. The van der Waals surface area contributed by atoms with Gasteiger partial charge in [0.15, 0.2) is 0 Å². The Morgan fingerprint density at radius 3 is 2.62 bits per heavy atom. The van der Waals surface area contributed by atoms with Crippen molar-refractivity contribution in [2.45, 2.75) is 38.5 Å². The molecule has 0 radical (unpaired) electrons. The summed E-state index contributed by atoms with van der Waals surface area (Å²) in [7, 11) is 0. The Morgan fingerprint density at radius 1 is 1.25 bits per heavy atom. The number of halogens is 1. The van der Waals surface area contributed by atoms with Gasteiger partial charge in [-0.25, -0.2) is 4.98 Å². The molecule has 3 heteroatoms. The highest BCUT2D eigenvalue weighted by molar-refractivity contribution is 6.17. The maximum absolute atomic E-state index is 5.92. The number of anilines is 1. The molecule has 88 valence electrons. The minimum absolute atomic E-state index is 0.580. The molecule has 0 spiro atoms. The van der Waals surface area contributed by atoms with Crippen LogP contribution in [0.15, 0.2) is 12.1 Å². The van der Waals surface area contributed by atoms with E-state index < -0.39 is 0 Å². The molecule has 1 aliphatic heterocycles. The van der Waals surface area contributed by atoms with E-state index in [1.807, 2.05) is 0 Å². The fraction of sp³-hybridized carbons (Fsp3) is 0.615. The first-order chi connectivity index (χ1) is 7.83. The predicted octanol–water partition coefficient (Wildman–Crippen LogP) is 3.37. The van der Waals surface area contributed by atoms with Crippen molar-refractivity contribution in [2.24, 2.45) is 0 Å². The molecule has 1 saturated heterocycles. The molecular weight excluding hydrogens is 220 g/mol. The number of pyridine rings is 1. The predicted molar refractivity (Wildman–Crippen MR) is 69.2 cm³/mol. The van der Waals surface area contributed by atoms with Gasteiger partial charge in [-0.2, -0.15) is 0 Å². The summed E-state index contributed by atoms with van der Waals surface area (Å²) in [6.45, 7) is 4.42. The summed E-state index contributed by atoms with van der Waals surface area (Å²) in [5.74, 6) is 1.70. The topological polar surface area (TPSA) is 16.1 Å². The first-order valence-corrected chi connectivity index (χ1v) is 6.67. The second kappa shape index (κ2) is 5.53. The van der Waals surface area contributed by atoms with E-state index in [4.69, 9.17) is 16.6 Å². The van der Waals surface area contributed by atoms with Crippen molar-refractivity contribution in [3.05, 3.63) is 23.4 Å². The zero-order chi connectivity index (χ0) is 11.4. The van der Waals surface area contributed by atoms with Crippen molar-refractivity contribution in [3.63, 3.8) is 0 Å². The smallest absolute Gasteiger partial charge is 0.129 e. The number of hydrogen-bond donors (Lipinski definition) is 0. The summed E-state index contributed by atoms with van der Waals surface area (Å²) >= 11 is 5.92. The van der Waals surface area contributed by atoms with Crippen LogP contribution in [0.3, 0.4) is 0 Å². The van der Waals surface area contributed by atoms with Crippen molar-refractivity contribution >= 4 is 17.4 Å².